The summed E-state index contributed by atoms with van der Waals surface area (Å²) in [6, 6.07) is 0. The van der Waals surface area contributed by atoms with Crippen molar-refractivity contribution in [3.05, 3.63) is 0 Å². The molecular formula is C16H33NO3. The van der Waals surface area contributed by atoms with Crippen LogP contribution in [0.4, 0.5) is 0 Å². The minimum atomic E-state index is -0.877. The molecule has 0 saturated heterocycles. The third-order valence-corrected chi connectivity index (χ3v) is 3.67. The Balaban J connectivity index is 3.39. The van der Waals surface area contributed by atoms with Crippen molar-refractivity contribution in [1.29, 1.82) is 0 Å². The number of carboxylic acids is 1. The molecule has 0 saturated carbocycles. The van der Waals surface area contributed by atoms with Gasteiger partial charge in [-0.2, -0.15) is 0 Å². The maximum absolute atomic E-state index is 10.6. The number of aliphatic carboxylic acids is 1. The number of carbonyl (C=O) groups is 1. The number of hydrogen-bond donors (Lipinski definition) is 2. The van der Waals surface area contributed by atoms with Gasteiger partial charge in [-0.3, -0.25) is 9.69 Å². The lowest BCUT2D eigenvalue weighted by atomic mass is 10.1. The van der Waals surface area contributed by atoms with Crippen LogP contribution in [0.1, 0.15) is 78.1 Å². The first kappa shape index (κ1) is 19.4. The highest BCUT2D eigenvalue weighted by molar-refractivity contribution is 5.69. The summed E-state index contributed by atoms with van der Waals surface area (Å²) in [6.45, 7) is 4.45. The summed E-state index contributed by atoms with van der Waals surface area (Å²) in [7, 11) is 0. The van der Waals surface area contributed by atoms with E-state index < -0.39 is 12.2 Å². The maximum atomic E-state index is 10.6. The summed E-state index contributed by atoms with van der Waals surface area (Å²) in [5, 5.41) is 18.2. The summed E-state index contributed by atoms with van der Waals surface area (Å²) >= 11 is 0. The normalized spacial score (nSPS) is 12.8. The Morgan fingerprint density at radius 1 is 0.950 bits per heavy atom. The molecule has 120 valence electrons. The predicted octanol–water partition coefficient (Wildman–Crippen LogP) is 3.63. The summed E-state index contributed by atoms with van der Waals surface area (Å²) in [4.78, 5) is 12.2. The van der Waals surface area contributed by atoms with Gasteiger partial charge in [-0.1, -0.05) is 64.7 Å². The highest BCUT2D eigenvalue weighted by atomic mass is 16.4. The quantitative estimate of drug-likeness (QED) is 0.378. The van der Waals surface area contributed by atoms with Crippen LogP contribution in [-0.4, -0.2) is 40.4 Å². The minimum absolute atomic E-state index is 0.0743. The molecule has 0 fully saturated rings. The molecule has 0 aliphatic heterocycles. The van der Waals surface area contributed by atoms with E-state index in [1.807, 2.05) is 0 Å². The number of hydrogen-bond acceptors (Lipinski definition) is 3. The fourth-order valence-corrected chi connectivity index (χ4v) is 2.37. The number of nitrogens with zero attached hydrogens (tertiary/aromatic N) is 1. The summed E-state index contributed by atoms with van der Waals surface area (Å²) in [5.74, 6) is -0.877. The number of unbranched alkanes of at least 4 members (excludes halogenated alkanes) is 9. The molecule has 0 bridgehead atoms. The topological polar surface area (TPSA) is 60.8 Å². The van der Waals surface area contributed by atoms with Crippen LogP contribution in [0, 0.1) is 0 Å². The highest BCUT2D eigenvalue weighted by Gasteiger charge is 2.13. The molecule has 0 radical (unpaired) electrons. The number of aliphatic hydroxyl groups excluding tert-OH is 1. The lowest BCUT2D eigenvalue weighted by Gasteiger charge is -2.23. The van der Waals surface area contributed by atoms with E-state index in [0.29, 0.717) is 6.54 Å². The first-order valence-corrected chi connectivity index (χ1v) is 8.21. The van der Waals surface area contributed by atoms with Crippen LogP contribution in [0.3, 0.4) is 0 Å². The highest BCUT2D eigenvalue weighted by Crippen LogP contribution is 2.11. The molecule has 0 aromatic carbocycles. The first-order valence-electron chi connectivity index (χ1n) is 8.21. The summed E-state index contributed by atoms with van der Waals surface area (Å²) in [5.41, 5.74) is 0. The van der Waals surface area contributed by atoms with E-state index in [9.17, 15) is 9.90 Å². The van der Waals surface area contributed by atoms with E-state index in [2.05, 4.69) is 6.92 Å². The van der Waals surface area contributed by atoms with Gasteiger partial charge in [0, 0.05) is 6.54 Å². The van der Waals surface area contributed by atoms with Gasteiger partial charge in [0.05, 0.1) is 6.54 Å². The molecule has 0 amide bonds. The van der Waals surface area contributed by atoms with Gasteiger partial charge in [-0.15, -0.1) is 0 Å². The van der Waals surface area contributed by atoms with Crippen molar-refractivity contribution in [3.63, 3.8) is 0 Å². The van der Waals surface area contributed by atoms with Crippen molar-refractivity contribution < 1.29 is 15.0 Å². The van der Waals surface area contributed by atoms with Crippen molar-refractivity contribution in [1.82, 2.24) is 4.90 Å². The lowest BCUT2D eigenvalue weighted by molar-refractivity contribution is -0.141. The van der Waals surface area contributed by atoms with E-state index in [-0.39, 0.29) is 6.54 Å². The van der Waals surface area contributed by atoms with Gasteiger partial charge in [0.15, 0.2) is 0 Å². The van der Waals surface area contributed by atoms with Crippen molar-refractivity contribution in [2.75, 3.05) is 13.1 Å². The molecule has 4 nitrogen and oxygen atoms in total. The Hall–Kier alpha value is -0.610. The van der Waals surface area contributed by atoms with Crippen molar-refractivity contribution in [2.45, 2.75) is 84.3 Å². The zero-order chi connectivity index (χ0) is 15.2. The Labute approximate surface area is 124 Å². The summed E-state index contributed by atoms with van der Waals surface area (Å²) in [6.07, 6.45) is 12.0. The zero-order valence-corrected chi connectivity index (χ0v) is 13.3. The molecule has 0 aromatic rings. The SMILES string of the molecule is CCCCCCCCCCCCN(CC(=O)O)C(C)O. The monoisotopic (exact) mass is 287 g/mol. The standard InChI is InChI=1S/C16H33NO3/c1-3-4-5-6-7-8-9-10-11-12-13-17(15(2)18)14-16(19)20/h15,18H,3-14H2,1-2H3,(H,19,20). The van der Waals surface area contributed by atoms with E-state index in [0.717, 1.165) is 12.8 Å². The van der Waals surface area contributed by atoms with E-state index in [1.54, 1.807) is 11.8 Å². The molecule has 0 aromatic heterocycles. The molecule has 0 aliphatic rings. The molecule has 0 aliphatic carbocycles. The Morgan fingerprint density at radius 3 is 1.80 bits per heavy atom. The molecule has 0 spiro atoms. The van der Waals surface area contributed by atoms with Crippen LogP contribution in [0.5, 0.6) is 0 Å². The van der Waals surface area contributed by atoms with Gasteiger partial charge >= 0.3 is 5.97 Å². The Bertz CT molecular complexity index is 232. The van der Waals surface area contributed by atoms with Crippen LogP contribution >= 0.6 is 0 Å². The molecule has 2 N–H and O–H groups in total. The van der Waals surface area contributed by atoms with E-state index >= 15 is 0 Å². The van der Waals surface area contributed by atoms with Crippen molar-refractivity contribution in [3.8, 4) is 0 Å². The largest absolute Gasteiger partial charge is 0.480 e. The molecule has 0 rings (SSSR count). The van der Waals surface area contributed by atoms with Gasteiger partial charge in [0.2, 0.25) is 0 Å². The maximum Gasteiger partial charge on any atom is 0.317 e. The average Bonchev–Trinajstić information content (AvgIpc) is 2.39. The third-order valence-electron chi connectivity index (χ3n) is 3.67. The Morgan fingerprint density at radius 2 is 1.40 bits per heavy atom. The predicted molar refractivity (Wildman–Crippen MR) is 82.7 cm³/mol. The number of carboxylic acid groups (broad SMARTS) is 1. The number of rotatable bonds is 14. The first-order chi connectivity index (χ1) is 9.57. The smallest absolute Gasteiger partial charge is 0.317 e. The molecule has 4 heteroatoms. The van der Waals surface area contributed by atoms with E-state index in [1.165, 1.54) is 51.4 Å². The second kappa shape index (κ2) is 13.4. The van der Waals surface area contributed by atoms with Crippen LogP contribution in [0.15, 0.2) is 0 Å². The van der Waals surface area contributed by atoms with Crippen molar-refractivity contribution >= 4 is 5.97 Å². The van der Waals surface area contributed by atoms with Gasteiger partial charge in [0.1, 0.15) is 6.23 Å². The molecule has 0 heterocycles. The molecule has 20 heavy (non-hydrogen) atoms. The van der Waals surface area contributed by atoms with Crippen molar-refractivity contribution in [2.24, 2.45) is 0 Å². The van der Waals surface area contributed by atoms with Crippen LogP contribution < -0.4 is 0 Å². The second-order valence-corrected chi connectivity index (χ2v) is 5.68. The number of aliphatic hydroxyl groups is 1. The zero-order valence-electron chi connectivity index (χ0n) is 13.3. The second-order valence-electron chi connectivity index (χ2n) is 5.68. The fraction of sp³-hybridized carbons (Fsp3) is 0.938. The van der Waals surface area contributed by atoms with Gasteiger partial charge < -0.3 is 10.2 Å². The third kappa shape index (κ3) is 12.4. The lowest BCUT2D eigenvalue weighted by Crippen LogP contribution is -2.37. The Kier molecular flexibility index (Phi) is 13.0. The minimum Gasteiger partial charge on any atom is -0.480 e. The average molecular weight is 287 g/mol. The molecule has 1 atom stereocenters. The van der Waals surface area contributed by atoms with Crippen LogP contribution in [0.25, 0.3) is 0 Å². The van der Waals surface area contributed by atoms with Gasteiger partial charge in [0.25, 0.3) is 0 Å². The van der Waals surface area contributed by atoms with Gasteiger partial charge in [-0.05, 0) is 13.3 Å². The van der Waals surface area contributed by atoms with Crippen LogP contribution in [0.2, 0.25) is 0 Å². The van der Waals surface area contributed by atoms with Crippen LogP contribution in [-0.2, 0) is 4.79 Å². The summed E-state index contributed by atoms with van der Waals surface area (Å²) < 4.78 is 0. The van der Waals surface area contributed by atoms with E-state index in [4.69, 9.17) is 5.11 Å². The fourth-order valence-electron chi connectivity index (χ4n) is 2.37. The molecular weight excluding hydrogens is 254 g/mol. The molecule has 1 unspecified atom stereocenters. The van der Waals surface area contributed by atoms with Gasteiger partial charge in [-0.25, -0.2) is 0 Å².